The number of nitrogens with one attached hydrogen (secondary N) is 1. The smallest absolute Gasteiger partial charge is 0.130 e. The molecule has 1 N–H and O–H groups in total. The SMILES string of the molecule is Cc1cc(NC2CCN(C3CC3)C2)nc(C)n1. The Bertz CT molecular complexity index is 394. The van der Waals surface area contributed by atoms with Gasteiger partial charge in [0, 0.05) is 36.9 Å². The van der Waals surface area contributed by atoms with Gasteiger partial charge in [0.15, 0.2) is 0 Å². The van der Waals surface area contributed by atoms with Gasteiger partial charge in [-0.15, -0.1) is 0 Å². The van der Waals surface area contributed by atoms with E-state index in [-0.39, 0.29) is 0 Å². The maximum atomic E-state index is 4.44. The molecule has 0 spiro atoms. The first-order chi connectivity index (χ1) is 8.20. The Morgan fingerprint density at radius 2 is 2.06 bits per heavy atom. The van der Waals surface area contributed by atoms with Gasteiger partial charge in [-0.05, 0) is 33.1 Å². The van der Waals surface area contributed by atoms with Crippen molar-refractivity contribution >= 4 is 5.82 Å². The van der Waals surface area contributed by atoms with E-state index in [9.17, 15) is 0 Å². The minimum Gasteiger partial charge on any atom is -0.366 e. The summed E-state index contributed by atoms with van der Waals surface area (Å²) in [4.78, 5) is 11.4. The zero-order valence-electron chi connectivity index (χ0n) is 10.6. The van der Waals surface area contributed by atoms with Crippen LogP contribution in [0.5, 0.6) is 0 Å². The Hall–Kier alpha value is -1.16. The van der Waals surface area contributed by atoms with Gasteiger partial charge in [-0.25, -0.2) is 9.97 Å². The largest absolute Gasteiger partial charge is 0.366 e. The van der Waals surface area contributed by atoms with Crippen LogP contribution in [0.1, 0.15) is 30.8 Å². The van der Waals surface area contributed by atoms with E-state index in [2.05, 4.69) is 20.2 Å². The molecule has 4 nitrogen and oxygen atoms in total. The third kappa shape index (κ3) is 2.57. The van der Waals surface area contributed by atoms with Crippen molar-refractivity contribution in [1.29, 1.82) is 0 Å². The van der Waals surface area contributed by atoms with Crippen LogP contribution in [-0.4, -0.2) is 40.0 Å². The van der Waals surface area contributed by atoms with Crippen LogP contribution in [0.25, 0.3) is 0 Å². The molecule has 0 amide bonds. The molecule has 4 heteroatoms. The molecule has 1 atom stereocenters. The lowest BCUT2D eigenvalue weighted by atomic mass is 10.2. The normalized spacial score (nSPS) is 25.2. The van der Waals surface area contributed by atoms with E-state index in [1.165, 1.54) is 32.4 Å². The Morgan fingerprint density at radius 1 is 1.24 bits per heavy atom. The minimum absolute atomic E-state index is 0.560. The molecule has 0 bridgehead atoms. The molecule has 2 heterocycles. The molecule has 1 saturated carbocycles. The molecule has 2 aliphatic rings. The van der Waals surface area contributed by atoms with Gasteiger partial charge in [-0.1, -0.05) is 0 Å². The van der Waals surface area contributed by atoms with Crippen molar-refractivity contribution < 1.29 is 0 Å². The van der Waals surface area contributed by atoms with Gasteiger partial charge >= 0.3 is 0 Å². The number of hydrogen-bond acceptors (Lipinski definition) is 4. The Labute approximate surface area is 102 Å². The maximum absolute atomic E-state index is 4.44. The standard InChI is InChI=1S/C13H20N4/c1-9-7-13(15-10(2)14-9)16-11-5-6-17(8-11)12-3-4-12/h7,11-12H,3-6,8H2,1-2H3,(H,14,15,16). The first-order valence-corrected chi connectivity index (χ1v) is 6.53. The summed E-state index contributed by atoms with van der Waals surface area (Å²) in [6.07, 6.45) is 4.04. The van der Waals surface area contributed by atoms with Crippen molar-refractivity contribution in [2.24, 2.45) is 0 Å². The Kier molecular flexibility index (Phi) is 2.74. The van der Waals surface area contributed by atoms with E-state index in [0.717, 1.165) is 23.4 Å². The number of aromatic nitrogens is 2. The molecule has 0 aromatic carbocycles. The zero-order valence-corrected chi connectivity index (χ0v) is 10.6. The number of aryl methyl sites for hydroxylation is 2. The van der Waals surface area contributed by atoms with E-state index in [1.54, 1.807) is 0 Å². The molecule has 0 radical (unpaired) electrons. The van der Waals surface area contributed by atoms with Crippen molar-refractivity contribution in [3.05, 3.63) is 17.6 Å². The summed E-state index contributed by atoms with van der Waals surface area (Å²) in [6, 6.07) is 3.48. The fourth-order valence-corrected chi connectivity index (χ4v) is 2.68. The van der Waals surface area contributed by atoms with Gasteiger partial charge in [0.25, 0.3) is 0 Å². The predicted molar refractivity (Wildman–Crippen MR) is 68.1 cm³/mol. The van der Waals surface area contributed by atoms with Crippen LogP contribution in [0.4, 0.5) is 5.82 Å². The summed E-state index contributed by atoms with van der Waals surface area (Å²) in [7, 11) is 0. The van der Waals surface area contributed by atoms with Gasteiger partial charge in [-0.2, -0.15) is 0 Å². The molecule has 3 rings (SSSR count). The van der Waals surface area contributed by atoms with Crippen LogP contribution in [0.2, 0.25) is 0 Å². The van der Waals surface area contributed by atoms with Gasteiger partial charge in [-0.3, -0.25) is 4.90 Å². The van der Waals surface area contributed by atoms with Crippen molar-refractivity contribution in [3.63, 3.8) is 0 Å². The summed E-state index contributed by atoms with van der Waals surface area (Å²) in [5, 5.41) is 3.54. The third-order valence-corrected chi connectivity index (χ3v) is 3.60. The highest BCUT2D eigenvalue weighted by Crippen LogP contribution is 2.30. The van der Waals surface area contributed by atoms with Crippen LogP contribution < -0.4 is 5.32 Å². The predicted octanol–water partition coefficient (Wildman–Crippen LogP) is 1.74. The van der Waals surface area contributed by atoms with Crippen molar-refractivity contribution in [3.8, 4) is 0 Å². The first kappa shape index (κ1) is 11.0. The van der Waals surface area contributed by atoms with Crippen LogP contribution in [-0.2, 0) is 0 Å². The summed E-state index contributed by atoms with van der Waals surface area (Å²) in [5.41, 5.74) is 1.04. The van der Waals surface area contributed by atoms with Gasteiger partial charge in [0.05, 0.1) is 0 Å². The summed E-state index contributed by atoms with van der Waals surface area (Å²) in [6.45, 7) is 6.38. The van der Waals surface area contributed by atoms with Gasteiger partial charge < -0.3 is 5.32 Å². The number of likely N-dealkylation sites (tertiary alicyclic amines) is 1. The molecule has 2 fully saturated rings. The maximum Gasteiger partial charge on any atom is 0.130 e. The topological polar surface area (TPSA) is 41.0 Å². The number of rotatable bonds is 3. The van der Waals surface area contributed by atoms with Crippen LogP contribution in [0.3, 0.4) is 0 Å². The second kappa shape index (κ2) is 4.26. The molecular formula is C13H20N4. The summed E-state index contributed by atoms with van der Waals surface area (Å²) < 4.78 is 0. The molecule has 1 aromatic rings. The highest BCUT2D eigenvalue weighted by Gasteiger charge is 2.34. The molecule has 1 aromatic heterocycles. The van der Waals surface area contributed by atoms with Crippen LogP contribution >= 0.6 is 0 Å². The minimum atomic E-state index is 0.560. The fourth-order valence-electron chi connectivity index (χ4n) is 2.68. The van der Waals surface area contributed by atoms with E-state index in [1.807, 2.05) is 19.9 Å². The Morgan fingerprint density at radius 3 is 2.76 bits per heavy atom. The lowest BCUT2D eigenvalue weighted by Crippen LogP contribution is -2.28. The lowest BCUT2D eigenvalue weighted by Gasteiger charge is -2.16. The summed E-state index contributed by atoms with van der Waals surface area (Å²) >= 11 is 0. The third-order valence-electron chi connectivity index (χ3n) is 3.60. The van der Waals surface area contributed by atoms with Gasteiger partial charge in [0.2, 0.25) is 0 Å². The van der Waals surface area contributed by atoms with Crippen LogP contribution in [0, 0.1) is 13.8 Å². The van der Waals surface area contributed by atoms with Crippen LogP contribution in [0.15, 0.2) is 6.07 Å². The van der Waals surface area contributed by atoms with E-state index < -0.39 is 0 Å². The van der Waals surface area contributed by atoms with Crippen molar-refractivity contribution in [1.82, 2.24) is 14.9 Å². The van der Waals surface area contributed by atoms with E-state index in [0.29, 0.717) is 6.04 Å². The van der Waals surface area contributed by atoms with Crippen molar-refractivity contribution in [2.45, 2.75) is 45.2 Å². The number of nitrogens with zero attached hydrogens (tertiary/aromatic N) is 3. The highest BCUT2D eigenvalue weighted by molar-refractivity contribution is 5.37. The molecule has 92 valence electrons. The number of hydrogen-bond donors (Lipinski definition) is 1. The molecule has 1 unspecified atom stereocenters. The lowest BCUT2D eigenvalue weighted by molar-refractivity contribution is 0.326. The Balaban J connectivity index is 1.62. The second-order valence-corrected chi connectivity index (χ2v) is 5.30. The molecule has 1 aliphatic carbocycles. The number of anilines is 1. The zero-order chi connectivity index (χ0) is 11.8. The molecule has 1 aliphatic heterocycles. The van der Waals surface area contributed by atoms with Gasteiger partial charge in [0.1, 0.15) is 11.6 Å². The monoisotopic (exact) mass is 232 g/mol. The average molecular weight is 232 g/mol. The fraction of sp³-hybridized carbons (Fsp3) is 0.692. The molecular weight excluding hydrogens is 212 g/mol. The van der Waals surface area contributed by atoms with Crippen molar-refractivity contribution in [2.75, 3.05) is 18.4 Å². The average Bonchev–Trinajstić information content (AvgIpc) is 2.99. The molecule has 1 saturated heterocycles. The summed E-state index contributed by atoms with van der Waals surface area (Å²) in [5.74, 6) is 1.84. The quantitative estimate of drug-likeness (QED) is 0.862. The second-order valence-electron chi connectivity index (χ2n) is 5.30. The highest BCUT2D eigenvalue weighted by atomic mass is 15.2. The van der Waals surface area contributed by atoms with E-state index >= 15 is 0 Å². The van der Waals surface area contributed by atoms with E-state index in [4.69, 9.17) is 0 Å². The molecule has 17 heavy (non-hydrogen) atoms. The first-order valence-electron chi connectivity index (χ1n) is 6.53.